The third kappa shape index (κ3) is 4.19. The Labute approximate surface area is 170 Å². The Morgan fingerprint density at radius 1 is 1.00 bits per heavy atom. The second-order valence-corrected chi connectivity index (χ2v) is 7.21. The van der Waals surface area contributed by atoms with Crippen molar-refractivity contribution in [1.29, 1.82) is 0 Å². The summed E-state index contributed by atoms with van der Waals surface area (Å²) in [5.74, 6) is 0.972. The highest BCUT2D eigenvalue weighted by atomic mass is 16.1. The molecule has 4 rings (SSSR count). The molecule has 5 heteroatoms. The van der Waals surface area contributed by atoms with Gasteiger partial charge >= 0.3 is 0 Å². The second-order valence-electron chi connectivity index (χ2n) is 7.21. The molecule has 2 aromatic heterocycles. The van der Waals surface area contributed by atoms with Gasteiger partial charge in [-0.2, -0.15) is 0 Å². The van der Waals surface area contributed by atoms with Gasteiger partial charge in [0.2, 0.25) is 5.91 Å². The molecule has 2 heterocycles. The summed E-state index contributed by atoms with van der Waals surface area (Å²) in [5, 5.41) is 3.01. The number of nitrogens with zero attached hydrogens (tertiary/aromatic N) is 3. The van der Waals surface area contributed by atoms with Crippen molar-refractivity contribution in [2.75, 3.05) is 0 Å². The summed E-state index contributed by atoms with van der Waals surface area (Å²) in [5.41, 5.74) is 6.25. The highest BCUT2D eigenvalue weighted by molar-refractivity contribution is 5.76. The minimum absolute atomic E-state index is 0.0676. The van der Waals surface area contributed by atoms with E-state index in [4.69, 9.17) is 0 Å². The van der Waals surface area contributed by atoms with Crippen LogP contribution in [-0.4, -0.2) is 20.4 Å². The predicted octanol–water partition coefficient (Wildman–Crippen LogP) is 4.29. The van der Waals surface area contributed by atoms with Gasteiger partial charge in [0.05, 0.1) is 0 Å². The Bertz CT molecular complexity index is 1150. The van der Waals surface area contributed by atoms with Crippen molar-refractivity contribution >= 4 is 17.1 Å². The zero-order valence-corrected chi connectivity index (χ0v) is 16.7. The molecular formula is C24H24N4O. The maximum absolute atomic E-state index is 12.2. The lowest BCUT2D eigenvalue weighted by Crippen LogP contribution is -2.23. The lowest BCUT2D eigenvalue weighted by Gasteiger charge is -2.09. The van der Waals surface area contributed by atoms with E-state index < -0.39 is 0 Å². The van der Waals surface area contributed by atoms with Crippen LogP contribution in [0.25, 0.3) is 16.9 Å². The molecule has 0 saturated heterocycles. The minimum Gasteiger partial charge on any atom is -0.352 e. The van der Waals surface area contributed by atoms with Crippen LogP contribution >= 0.6 is 0 Å². The van der Waals surface area contributed by atoms with E-state index in [1.165, 1.54) is 5.56 Å². The average Bonchev–Trinajstić information content (AvgIpc) is 3.08. The molecule has 1 N–H and O–H groups in total. The molecule has 2 aromatic carbocycles. The van der Waals surface area contributed by atoms with Crippen LogP contribution in [0.15, 0.2) is 66.9 Å². The number of benzene rings is 2. The number of fused-ring (bicyclic) bond motifs is 1. The Hall–Kier alpha value is -3.47. The lowest BCUT2D eigenvalue weighted by molar-refractivity contribution is -0.121. The number of rotatable bonds is 6. The van der Waals surface area contributed by atoms with E-state index in [-0.39, 0.29) is 5.91 Å². The van der Waals surface area contributed by atoms with Crippen LogP contribution in [0.1, 0.15) is 28.9 Å². The second kappa shape index (κ2) is 8.27. The maximum atomic E-state index is 12.2. The van der Waals surface area contributed by atoms with Crippen LogP contribution in [0, 0.1) is 13.8 Å². The standard InChI is InChI=1S/C24H24N4O/c1-17-6-3-4-7-20(17)16-26-23(29)14-11-19-9-12-21(13-10-19)28-18(2)27-22-8-5-15-25-24(22)28/h3-10,12-13,15H,11,14,16H2,1-2H3,(H,26,29). The molecule has 146 valence electrons. The molecule has 0 saturated carbocycles. The molecule has 0 aliphatic rings. The smallest absolute Gasteiger partial charge is 0.220 e. The fourth-order valence-corrected chi connectivity index (χ4v) is 3.49. The minimum atomic E-state index is 0.0676. The summed E-state index contributed by atoms with van der Waals surface area (Å²) in [6, 6.07) is 20.2. The number of carbonyl (C=O) groups is 1. The zero-order chi connectivity index (χ0) is 20.2. The number of nitrogens with one attached hydrogen (secondary N) is 1. The van der Waals surface area contributed by atoms with E-state index in [9.17, 15) is 4.79 Å². The topological polar surface area (TPSA) is 59.8 Å². The van der Waals surface area contributed by atoms with Gasteiger partial charge in [-0.15, -0.1) is 0 Å². The van der Waals surface area contributed by atoms with Gasteiger partial charge in [0.1, 0.15) is 11.3 Å². The third-order valence-corrected chi connectivity index (χ3v) is 5.16. The first kappa shape index (κ1) is 18.9. The summed E-state index contributed by atoms with van der Waals surface area (Å²) in [7, 11) is 0. The van der Waals surface area contributed by atoms with Crippen molar-refractivity contribution in [3.8, 4) is 5.69 Å². The number of amides is 1. The molecule has 4 aromatic rings. The molecule has 0 fully saturated rings. The number of imidazole rings is 1. The largest absolute Gasteiger partial charge is 0.352 e. The van der Waals surface area contributed by atoms with Crippen LogP contribution in [0.3, 0.4) is 0 Å². The van der Waals surface area contributed by atoms with Crippen LogP contribution in [0.5, 0.6) is 0 Å². The van der Waals surface area contributed by atoms with Gasteiger partial charge in [-0.1, -0.05) is 36.4 Å². The van der Waals surface area contributed by atoms with Crippen molar-refractivity contribution in [2.24, 2.45) is 0 Å². The van der Waals surface area contributed by atoms with Gasteiger partial charge < -0.3 is 5.32 Å². The fourth-order valence-electron chi connectivity index (χ4n) is 3.49. The van der Waals surface area contributed by atoms with Crippen LogP contribution in [-0.2, 0) is 17.8 Å². The summed E-state index contributed by atoms with van der Waals surface area (Å²) in [4.78, 5) is 21.2. The van der Waals surface area contributed by atoms with E-state index >= 15 is 0 Å². The molecule has 1 amide bonds. The van der Waals surface area contributed by atoms with E-state index in [1.807, 2.05) is 41.8 Å². The molecule has 0 unspecified atom stereocenters. The number of pyridine rings is 1. The maximum Gasteiger partial charge on any atom is 0.220 e. The van der Waals surface area contributed by atoms with Crippen LogP contribution in [0.4, 0.5) is 0 Å². The van der Waals surface area contributed by atoms with Gasteiger partial charge in [0.25, 0.3) is 0 Å². The summed E-state index contributed by atoms with van der Waals surface area (Å²) in [6.07, 6.45) is 2.96. The normalized spacial score (nSPS) is 11.0. The first-order chi connectivity index (χ1) is 14.1. The van der Waals surface area contributed by atoms with Crippen molar-refractivity contribution in [3.63, 3.8) is 0 Å². The first-order valence-electron chi connectivity index (χ1n) is 9.82. The number of aryl methyl sites for hydroxylation is 3. The number of carbonyl (C=O) groups excluding carboxylic acids is 1. The Kier molecular flexibility index (Phi) is 5.38. The molecule has 0 radical (unpaired) electrons. The van der Waals surface area contributed by atoms with Crippen molar-refractivity contribution in [2.45, 2.75) is 33.2 Å². The van der Waals surface area contributed by atoms with E-state index in [2.05, 4.69) is 52.5 Å². The Balaban J connectivity index is 1.38. The summed E-state index contributed by atoms with van der Waals surface area (Å²) in [6.45, 7) is 4.61. The van der Waals surface area contributed by atoms with Gasteiger partial charge in [-0.05, 0) is 61.2 Å². The van der Waals surface area contributed by atoms with Gasteiger partial charge in [0.15, 0.2) is 5.65 Å². The third-order valence-electron chi connectivity index (χ3n) is 5.16. The number of aromatic nitrogens is 3. The molecule has 29 heavy (non-hydrogen) atoms. The van der Waals surface area contributed by atoms with Crippen LogP contribution in [0.2, 0.25) is 0 Å². The molecular weight excluding hydrogens is 360 g/mol. The molecule has 0 atom stereocenters. The Morgan fingerprint density at radius 3 is 2.59 bits per heavy atom. The Morgan fingerprint density at radius 2 is 1.79 bits per heavy atom. The predicted molar refractivity (Wildman–Crippen MR) is 115 cm³/mol. The highest BCUT2D eigenvalue weighted by Crippen LogP contribution is 2.20. The van der Waals surface area contributed by atoms with Gasteiger partial charge in [-0.25, -0.2) is 9.97 Å². The molecule has 5 nitrogen and oxygen atoms in total. The molecule has 0 aliphatic heterocycles. The van der Waals surface area contributed by atoms with Crippen LogP contribution < -0.4 is 5.32 Å². The van der Waals surface area contributed by atoms with Crippen molar-refractivity contribution in [3.05, 3.63) is 89.4 Å². The number of hydrogen-bond acceptors (Lipinski definition) is 3. The van der Waals surface area contributed by atoms with Crippen molar-refractivity contribution in [1.82, 2.24) is 19.9 Å². The zero-order valence-electron chi connectivity index (χ0n) is 16.7. The SMILES string of the molecule is Cc1ccccc1CNC(=O)CCc1ccc(-n2c(C)nc3cccnc32)cc1. The first-order valence-corrected chi connectivity index (χ1v) is 9.82. The monoisotopic (exact) mass is 384 g/mol. The summed E-state index contributed by atoms with van der Waals surface area (Å²) >= 11 is 0. The van der Waals surface area contributed by atoms with Gasteiger partial charge in [-0.3, -0.25) is 9.36 Å². The molecule has 0 bridgehead atoms. The van der Waals surface area contributed by atoms with E-state index in [1.54, 1.807) is 6.20 Å². The molecule has 0 spiro atoms. The molecule has 0 aliphatic carbocycles. The van der Waals surface area contributed by atoms with Crippen molar-refractivity contribution < 1.29 is 4.79 Å². The summed E-state index contributed by atoms with van der Waals surface area (Å²) < 4.78 is 2.05. The fraction of sp³-hybridized carbons (Fsp3) is 0.208. The average molecular weight is 384 g/mol. The van der Waals surface area contributed by atoms with Gasteiger partial charge in [0, 0.05) is 24.8 Å². The number of hydrogen-bond donors (Lipinski definition) is 1. The highest BCUT2D eigenvalue weighted by Gasteiger charge is 2.10. The quantitative estimate of drug-likeness (QED) is 0.540. The lowest BCUT2D eigenvalue weighted by atomic mass is 10.1. The van der Waals surface area contributed by atoms with E-state index in [0.717, 1.165) is 33.8 Å². The van der Waals surface area contributed by atoms with E-state index in [0.29, 0.717) is 19.4 Å².